The van der Waals surface area contributed by atoms with Crippen molar-refractivity contribution in [1.29, 1.82) is 0 Å². The molecule has 7 heteroatoms. The Kier molecular flexibility index (Phi) is 12.6. The van der Waals surface area contributed by atoms with Gasteiger partial charge in [-0.3, -0.25) is 0 Å². The molecule has 0 saturated heterocycles. The monoisotopic (exact) mass is 344 g/mol. The van der Waals surface area contributed by atoms with Crippen LogP contribution in [0.4, 0.5) is 0 Å². The predicted octanol–water partition coefficient (Wildman–Crippen LogP) is 3.80. The fraction of sp³-hybridized carbons (Fsp3) is 1.00. The van der Waals surface area contributed by atoms with Crippen LogP contribution in [0.2, 0.25) is 0 Å². The third-order valence-corrected chi connectivity index (χ3v) is 0. The summed E-state index contributed by atoms with van der Waals surface area (Å²) in [4.78, 5) is 0. The van der Waals surface area contributed by atoms with Gasteiger partial charge in [-0.2, -0.15) is 0 Å². The van der Waals surface area contributed by atoms with E-state index in [1.807, 2.05) is 0 Å². The Morgan fingerprint density at radius 1 is 0.875 bits per heavy atom. The minimum absolute atomic E-state index is 0.194. The minimum atomic E-state index is -3.29. The van der Waals surface area contributed by atoms with Gasteiger partial charge in [-0.1, -0.05) is 0 Å². The van der Waals surface area contributed by atoms with E-state index in [1.165, 1.54) is 0 Å². The quantitative estimate of drug-likeness (QED) is 0.463. The zero-order valence-electron chi connectivity index (χ0n) is 3.47. The summed E-state index contributed by atoms with van der Waals surface area (Å²) < 4.78 is 0. The molecule has 0 fully saturated rings. The second-order valence-corrected chi connectivity index (χ2v) is 26.8. The molecule has 0 aliphatic carbocycles. The van der Waals surface area contributed by atoms with Crippen LogP contribution in [0.25, 0.3) is 0 Å². The number of rotatable bonds is 0. The van der Waals surface area contributed by atoms with Crippen LogP contribution in [0.1, 0.15) is 0 Å². The first kappa shape index (κ1) is 13.2. The Labute approximate surface area is 77.1 Å². The molecule has 0 nitrogen and oxygen atoms in total. The fourth-order valence-corrected chi connectivity index (χ4v) is 0. The molecule has 0 aromatic heterocycles. The molecule has 0 unspecified atom stereocenters. The molecular formula is CH2Cl6Sn. The van der Waals surface area contributed by atoms with Crippen molar-refractivity contribution in [3.63, 3.8) is 0 Å². The van der Waals surface area contributed by atoms with Gasteiger partial charge >= 0.3 is 49.6 Å². The molecule has 0 aliphatic heterocycles. The Bertz CT molecular complexity index is 32.3. The summed E-state index contributed by atoms with van der Waals surface area (Å²) in [7, 11) is 20.1. The van der Waals surface area contributed by atoms with Gasteiger partial charge in [-0.15, -0.1) is 23.2 Å². The summed E-state index contributed by atoms with van der Waals surface area (Å²) in [6, 6.07) is 0. The van der Waals surface area contributed by atoms with E-state index in [-0.39, 0.29) is 5.34 Å². The van der Waals surface area contributed by atoms with Crippen LogP contribution in [-0.2, 0) is 0 Å². The molecule has 0 amide bonds. The zero-order valence-corrected chi connectivity index (χ0v) is 10.9. The Balaban J connectivity index is 0. The molecule has 8 heavy (non-hydrogen) atoms. The number of hydrogen-bond acceptors (Lipinski definition) is 0. The normalized spacial score (nSPS) is 9.75. The van der Waals surface area contributed by atoms with Crippen molar-refractivity contribution in [1.82, 2.24) is 0 Å². The van der Waals surface area contributed by atoms with Gasteiger partial charge in [0, 0.05) is 0 Å². The number of hydrogen-bond donors (Lipinski definition) is 0. The van der Waals surface area contributed by atoms with E-state index in [2.05, 4.69) is 0 Å². The molecular weight excluding hydrogens is 343 g/mol. The molecule has 0 aliphatic rings. The Hall–Kier alpha value is 2.54. The van der Waals surface area contributed by atoms with Gasteiger partial charge in [0.2, 0.25) is 0 Å². The summed E-state index contributed by atoms with van der Waals surface area (Å²) in [5.74, 6) is 0. The Morgan fingerprint density at radius 3 is 0.875 bits per heavy atom. The van der Waals surface area contributed by atoms with E-state index >= 15 is 0 Å². The number of halogens is 6. The third kappa shape index (κ3) is 75.3. The van der Waals surface area contributed by atoms with Crippen LogP contribution in [0.15, 0.2) is 0 Å². The maximum absolute atomic E-state index is 5.04. The van der Waals surface area contributed by atoms with Crippen molar-refractivity contribution >= 4 is 72.8 Å². The van der Waals surface area contributed by atoms with Crippen LogP contribution in [0.3, 0.4) is 0 Å². The molecule has 0 rings (SSSR count). The molecule has 0 N–H and O–H groups in total. The second kappa shape index (κ2) is 7.64. The van der Waals surface area contributed by atoms with Crippen molar-refractivity contribution in [2.75, 3.05) is 5.34 Å². The summed E-state index contributed by atoms with van der Waals surface area (Å²) in [5.41, 5.74) is 0. The van der Waals surface area contributed by atoms with Gasteiger partial charge in [0.1, 0.15) is 0 Å². The SMILES string of the molecule is ClCCl.[Cl][Sn]([Cl])([Cl])[Cl]. The van der Waals surface area contributed by atoms with E-state index in [4.69, 9.17) is 58.9 Å². The zero-order chi connectivity index (χ0) is 7.21. The first-order chi connectivity index (χ1) is 3.41. The Morgan fingerprint density at radius 2 is 0.875 bits per heavy atom. The summed E-state index contributed by atoms with van der Waals surface area (Å²) >= 11 is 6.24. The van der Waals surface area contributed by atoms with Gasteiger partial charge in [-0.05, 0) is 0 Å². The molecule has 0 aromatic rings. The van der Waals surface area contributed by atoms with E-state index < -0.39 is 13.9 Å². The van der Waals surface area contributed by atoms with Crippen molar-refractivity contribution in [2.45, 2.75) is 0 Å². The predicted molar refractivity (Wildman–Crippen MR) is 45.7 cm³/mol. The van der Waals surface area contributed by atoms with Crippen LogP contribution in [0.5, 0.6) is 0 Å². The molecule has 0 bridgehead atoms. The van der Waals surface area contributed by atoms with Crippen LogP contribution >= 0.6 is 58.9 Å². The molecule has 0 atom stereocenters. The second-order valence-electron chi connectivity index (χ2n) is 0.530. The van der Waals surface area contributed by atoms with E-state index in [9.17, 15) is 0 Å². The molecule has 0 radical (unpaired) electrons. The van der Waals surface area contributed by atoms with Crippen molar-refractivity contribution < 1.29 is 0 Å². The third-order valence-electron chi connectivity index (χ3n) is 0. The molecule has 52 valence electrons. The van der Waals surface area contributed by atoms with Gasteiger partial charge in [0.05, 0.1) is 5.34 Å². The van der Waals surface area contributed by atoms with E-state index in [0.29, 0.717) is 0 Å². The summed E-state index contributed by atoms with van der Waals surface area (Å²) in [6.45, 7) is 0. The van der Waals surface area contributed by atoms with Crippen LogP contribution in [0, 0.1) is 0 Å². The van der Waals surface area contributed by atoms with Crippen LogP contribution in [-0.4, -0.2) is 19.2 Å². The van der Waals surface area contributed by atoms with Crippen molar-refractivity contribution in [2.24, 2.45) is 0 Å². The first-order valence-corrected chi connectivity index (χ1v) is 16.8. The average molecular weight is 345 g/mol. The average Bonchev–Trinajstić information content (AvgIpc) is 1.27. The first-order valence-electron chi connectivity index (χ1n) is 1.29. The van der Waals surface area contributed by atoms with Gasteiger partial charge in [0.15, 0.2) is 0 Å². The topological polar surface area (TPSA) is 0 Å². The van der Waals surface area contributed by atoms with Crippen molar-refractivity contribution in [3.05, 3.63) is 0 Å². The molecule has 0 heterocycles. The standard InChI is InChI=1S/CH2Cl2.4ClH.Sn/c2-1-3;;;;;/h1H2;4*1H;/q;;;;;+4/p-4. The van der Waals surface area contributed by atoms with Crippen LogP contribution < -0.4 is 0 Å². The van der Waals surface area contributed by atoms with Gasteiger partial charge < -0.3 is 0 Å². The van der Waals surface area contributed by atoms with Crippen molar-refractivity contribution in [3.8, 4) is 0 Å². The molecule has 0 spiro atoms. The summed E-state index contributed by atoms with van der Waals surface area (Å²) in [6.07, 6.45) is 0. The number of alkyl halides is 2. The van der Waals surface area contributed by atoms with Gasteiger partial charge in [-0.25, -0.2) is 0 Å². The summed E-state index contributed by atoms with van der Waals surface area (Å²) in [5, 5.41) is 0.194. The van der Waals surface area contributed by atoms with E-state index in [0.717, 1.165) is 0 Å². The maximum atomic E-state index is 5.04. The molecule has 0 aromatic carbocycles. The fourth-order valence-electron chi connectivity index (χ4n) is 0. The van der Waals surface area contributed by atoms with E-state index in [1.54, 1.807) is 0 Å². The molecule has 0 saturated carbocycles. The van der Waals surface area contributed by atoms with Gasteiger partial charge in [0.25, 0.3) is 0 Å².